The highest BCUT2D eigenvalue weighted by Gasteiger charge is 2.12. The highest BCUT2D eigenvalue weighted by Crippen LogP contribution is 2.24. The third kappa shape index (κ3) is 5.01. The largest absolute Gasteiger partial charge is 0.426 e. The number of carbonyl (C=O) groups is 2. The number of nitrogens with one attached hydrogen (secondary N) is 1. The summed E-state index contributed by atoms with van der Waals surface area (Å²) in [4.78, 5) is 27.6. The molecule has 0 unspecified atom stereocenters. The van der Waals surface area contributed by atoms with Crippen molar-refractivity contribution in [3.63, 3.8) is 0 Å². The van der Waals surface area contributed by atoms with E-state index in [0.717, 1.165) is 22.0 Å². The number of thioether (sulfide) groups is 1. The van der Waals surface area contributed by atoms with Crippen LogP contribution in [0.4, 0.5) is 5.69 Å². The summed E-state index contributed by atoms with van der Waals surface area (Å²) in [7, 11) is 0. The standard InChI is InChI=1S/C21H21N3O3S/c1-14-4-5-15(2)19(12-14)24-11-10-22-21(24)28-13-20(26)27-18-8-6-17(7-9-18)23-16(3)25/h4-12H,13H2,1-3H3,(H,23,25). The van der Waals surface area contributed by atoms with Crippen LogP contribution in [0.5, 0.6) is 5.75 Å². The minimum Gasteiger partial charge on any atom is -0.426 e. The first-order chi connectivity index (χ1) is 13.4. The number of ether oxygens (including phenoxy) is 1. The third-order valence-corrected chi connectivity index (χ3v) is 4.90. The molecule has 0 spiro atoms. The van der Waals surface area contributed by atoms with Gasteiger partial charge in [-0.2, -0.15) is 0 Å². The highest BCUT2D eigenvalue weighted by atomic mass is 32.2. The molecule has 3 aromatic rings. The maximum atomic E-state index is 12.2. The van der Waals surface area contributed by atoms with E-state index in [2.05, 4.69) is 28.5 Å². The zero-order chi connectivity index (χ0) is 20.1. The molecule has 0 saturated carbocycles. The van der Waals surface area contributed by atoms with Gasteiger partial charge in [0.05, 0.1) is 11.4 Å². The smallest absolute Gasteiger partial charge is 0.321 e. The van der Waals surface area contributed by atoms with Gasteiger partial charge >= 0.3 is 5.97 Å². The second kappa shape index (κ2) is 8.75. The first-order valence-corrected chi connectivity index (χ1v) is 9.73. The van der Waals surface area contributed by atoms with Crippen LogP contribution < -0.4 is 10.1 Å². The average Bonchev–Trinajstić information content (AvgIpc) is 3.11. The van der Waals surface area contributed by atoms with Crippen LogP contribution in [0.15, 0.2) is 60.0 Å². The minimum atomic E-state index is -0.368. The van der Waals surface area contributed by atoms with Gasteiger partial charge in [-0.25, -0.2) is 4.98 Å². The van der Waals surface area contributed by atoms with E-state index in [1.807, 2.05) is 24.6 Å². The van der Waals surface area contributed by atoms with Crippen molar-refractivity contribution in [3.05, 3.63) is 66.0 Å². The molecule has 28 heavy (non-hydrogen) atoms. The summed E-state index contributed by atoms with van der Waals surface area (Å²) in [5.74, 6) is 0.0425. The molecule has 0 aliphatic heterocycles. The van der Waals surface area contributed by atoms with Gasteiger partial charge in [0, 0.05) is 25.0 Å². The zero-order valence-electron chi connectivity index (χ0n) is 15.9. The molecule has 144 valence electrons. The van der Waals surface area contributed by atoms with Crippen LogP contribution in [-0.2, 0) is 9.59 Å². The number of hydrogen-bond donors (Lipinski definition) is 1. The Morgan fingerprint density at radius 3 is 2.61 bits per heavy atom. The van der Waals surface area contributed by atoms with Gasteiger partial charge < -0.3 is 10.1 Å². The fraction of sp³-hybridized carbons (Fsp3) is 0.190. The zero-order valence-corrected chi connectivity index (χ0v) is 16.7. The number of benzene rings is 2. The van der Waals surface area contributed by atoms with Crippen molar-refractivity contribution >= 4 is 29.3 Å². The van der Waals surface area contributed by atoms with Gasteiger partial charge in [0.25, 0.3) is 0 Å². The monoisotopic (exact) mass is 395 g/mol. The quantitative estimate of drug-likeness (QED) is 0.386. The van der Waals surface area contributed by atoms with Crippen molar-refractivity contribution in [2.45, 2.75) is 25.9 Å². The normalized spacial score (nSPS) is 10.5. The Morgan fingerprint density at radius 1 is 1.14 bits per heavy atom. The van der Waals surface area contributed by atoms with E-state index in [1.54, 1.807) is 30.5 Å². The van der Waals surface area contributed by atoms with Crippen LogP contribution in [0.25, 0.3) is 5.69 Å². The summed E-state index contributed by atoms with van der Waals surface area (Å²) in [5, 5.41) is 3.39. The predicted octanol–water partition coefficient (Wildman–Crippen LogP) is 4.15. The lowest BCUT2D eigenvalue weighted by molar-refractivity contribution is -0.131. The molecule has 0 aliphatic carbocycles. The van der Waals surface area contributed by atoms with Crippen molar-refractivity contribution < 1.29 is 14.3 Å². The van der Waals surface area contributed by atoms with Crippen LogP contribution in [0.1, 0.15) is 18.1 Å². The second-order valence-electron chi connectivity index (χ2n) is 6.34. The Bertz CT molecular complexity index is 996. The fourth-order valence-corrected chi connectivity index (χ4v) is 3.39. The van der Waals surface area contributed by atoms with Crippen molar-refractivity contribution in [2.75, 3.05) is 11.1 Å². The third-order valence-electron chi connectivity index (χ3n) is 3.96. The maximum Gasteiger partial charge on any atom is 0.321 e. The van der Waals surface area contributed by atoms with Gasteiger partial charge in [-0.15, -0.1) is 0 Å². The molecule has 0 fully saturated rings. The lowest BCUT2D eigenvalue weighted by Gasteiger charge is -2.11. The first-order valence-electron chi connectivity index (χ1n) is 8.74. The molecule has 2 aromatic carbocycles. The molecule has 0 saturated heterocycles. The second-order valence-corrected chi connectivity index (χ2v) is 7.28. The van der Waals surface area contributed by atoms with Crippen LogP contribution in [0, 0.1) is 13.8 Å². The van der Waals surface area contributed by atoms with Gasteiger partial charge in [0.15, 0.2) is 5.16 Å². The van der Waals surface area contributed by atoms with Crippen LogP contribution in [0.2, 0.25) is 0 Å². The van der Waals surface area contributed by atoms with Crippen LogP contribution in [0.3, 0.4) is 0 Å². The molecular formula is C21H21N3O3S. The van der Waals surface area contributed by atoms with Crippen molar-refractivity contribution in [2.24, 2.45) is 0 Å². The van der Waals surface area contributed by atoms with E-state index < -0.39 is 0 Å². The predicted molar refractivity (Wildman–Crippen MR) is 110 cm³/mol. The number of carbonyl (C=O) groups excluding carboxylic acids is 2. The van der Waals surface area contributed by atoms with Gasteiger partial charge in [0.2, 0.25) is 5.91 Å². The number of hydrogen-bond acceptors (Lipinski definition) is 5. The molecule has 6 nitrogen and oxygen atoms in total. The molecule has 1 heterocycles. The Morgan fingerprint density at radius 2 is 1.89 bits per heavy atom. The number of aryl methyl sites for hydroxylation is 2. The molecule has 1 aromatic heterocycles. The lowest BCUT2D eigenvalue weighted by Crippen LogP contribution is -2.12. The van der Waals surface area contributed by atoms with Crippen LogP contribution >= 0.6 is 11.8 Å². The summed E-state index contributed by atoms with van der Waals surface area (Å²) >= 11 is 1.32. The van der Waals surface area contributed by atoms with E-state index in [0.29, 0.717) is 11.4 Å². The Balaban J connectivity index is 1.62. The molecule has 7 heteroatoms. The fourth-order valence-electron chi connectivity index (χ4n) is 2.65. The highest BCUT2D eigenvalue weighted by molar-refractivity contribution is 7.99. The first kappa shape index (κ1) is 19.7. The van der Waals surface area contributed by atoms with E-state index >= 15 is 0 Å². The summed E-state index contributed by atoms with van der Waals surface area (Å²) in [6.45, 7) is 5.52. The van der Waals surface area contributed by atoms with Crippen molar-refractivity contribution in [3.8, 4) is 11.4 Å². The van der Waals surface area contributed by atoms with Gasteiger partial charge in [-0.05, 0) is 55.3 Å². The number of esters is 1. The van der Waals surface area contributed by atoms with Gasteiger partial charge in [0.1, 0.15) is 5.75 Å². The molecule has 0 radical (unpaired) electrons. The summed E-state index contributed by atoms with van der Waals surface area (Å²) in [5.41, 5.74) is 3.99. The van der Waals surface area contributed by atoms with Crippen molar-refractivity contribution in [1.29, 1.82) is 0 Å². The Labute approximate surface area is 167 Å². The topological polar surface area (TPSA) is 73.2 Å². The number of rotatable bonds is 6. The SMILES string of the molecule is CC(=O)Nc1ccc(OC(=O)CSc2nccn2-c2cc(C)ccc2C)cc1. The molecule has 1 N–H and O–H groups in total. The summed E-state index contributed by atoms with van der Waals surface area (Å²) in [6.07, 6.45) is 3.60. The molecule has 0 aliphatic rings. The van der Waals surface area contributed by atoms with E-state index in [1.165, 1.54) is 18.7 Å². The maximum absolute atomic E-state index is 12.2. The Hall–Kier alpha value is -3.06. The molecule has 1 amide bonds. The number of amides is 1. The summed E-state index contributed by atoms with van der Waals surface area (Å²) < 4.78 is 7.33. The Kier molecular flexibility index (Phi) is 6.16. The average molecular weight is 395 g/mol. The van der Waals surface area contributed by atoms with Crippen molar-refractivity contribution in [1.82, 2.24) is 9.55 Å². The molecule has 3 rings (SSSR count). The molecule has 0 bridgehead atoms. The molecular weight excluding hydrogens is 374 g/mol. The number of imidazole rings is 1. The lowest BCUT2D eigenvalue weighted by atomic mass is 10.1. The van der Waals surface area contributed by atoms with Crippen LogP contribution in [-0.4, -0.2) is 27.2 Å². The number of anilines is 1. The summed E-state index contributed by atoms with van der Waals surface area (Å²) in [6, 6.07) is 12.9. The van der Waals surface area contributed by atoms with E-state index in [9.17, 15) is 9.59 Å². The minimum absolute atomic E-state index is 0.134. The number of aromatic nitrogens is 2. The van der Waals surface area contributed by atoms with Gasteiger partial charge in [-0.1, -0.05) is 23.9 Å². The van der Waals surface area contributed by atoms with E-state index in [4.69, 9.17) is 4.74 Å². The number of nitrogens with zero attached hydrogens (tertiary/aromatic N) is 2. The molecule has 0 atom stereocenters. The van der Waals surface area contributed by atoms with Gasteiger partial charge in [-0.3, -0.25) is 14.2 Å². The van der Waals surface area contributed by atoms with E-state index in [-0.39, 0.29) is 17.6 Å².